The molecule has 2 aromatic rings. The van der Waals surface area contributed by atoms with Crippen LogP contribution in [0.1, 0.15) is 51.0 Å². The first kappa shape index (κ1) is 17.6. The first-order valence-corrected chi connectivity index (χ1v) is 8.15. The largest absolute Gasteiger partial charge is 0.453 e. The van der Waals surface area contributed by atoms with E-state index in [1.165, 1.54) is 10.7 Å². The van der Waals surface area contributed by atoms with Gasteiger partial charge in [-0.05, 0) is 18.9 Å². The number of amides is 1. The zero-order chi connectivity index (χ0) is 18.4. The van der Waals surface area contributed by atoms with Gasteiger partial charge < -0.3 is 4.90 Å². The van der Waals surface area contributed by atoms with Crippen LogP contribution >= 0.6 is 0 Å². The smallest absolute Gasteiger partial charge is 0.342 e. The summed E-state index contributed by atoms with van der Waals surface area (Å²) in [6, 6.07) is 1.67. The number of alkyl halides is 3. The fourth-order valence-corrected chi connectivity index (χ4v) is 3.09. The third-order valence-corrected chi connectivity index (χ3v) is 4.37. The molecule has 3 heterocycles. The number of fused-ring (bicyclic) bond motifs is 1. The van der Waals surface area contributed by atoms with E-state index in [2.05, 4.69) is 15.1 Å². The third-order valence-electron chi connectivity index (χ3n) is 4.37. The molecule has 0 aromatic carbocycles. The van der Waals surface area contributed by atoms with Gasteiger partial charge in [-0.25, -0.2) is 9.50 Å². The Morgan fingerprint density at radius 1 is 1.20 bits per heavy atom. The van der Waals surface area contributed by atoms with Crippen molar-refractivity contribution in [3.8, 4) is 0 Å². The molecule has 6 nitrogen and oxygen atoms in total. The molecule has 1 saturated heterocycles. The van der Waals surface area contributed by atoms with Gasteiger partial charge in [0.05, 0.1) is 5.69 Å². The predicted molar refractivity (Wildman–Crippen MR) is 83.8 cm³/mol. The summed E-state index contributed by atoms with van der Waals surface area (Å²) in [5.41, 5.74) is 0.209. The lowest BCUT2D eigenvalue weighted by Gasteiger charge is -2.35. The average Bonchev–Trinajstić information content (AvgIpc) is 2.98. The van der Waals surface area contributed by atoms with Gasteiger partial charge in [-0.2, -0.15) is 18.2 Å². The van der Waals surface area contributed by atoms with E-state index in [-0.39, 0.29) is 17.6 Å². The van der Waals surface area contributed by atoms with Gasteiger partial charge in [0.2, 0.25) is 5.91 Å². The fraction of sp³-hybridized carbons (Fsp3) is 0.625. The van der Waals surface area contributed by atoms with Crippen LogP contribution in [0.5, 0.6) is 0 Å². The number of carbonyl (C=O) groups excluding carboxylic acids is 1. The van der Waals surface area contributed by atoms with Crippen molar-refractivity contribution in [2.75, 3.05) is 13.1 Å². The molecule has 0 saturated carbocycles. The number of aromatic nitrogens is 4. The molecule has 0 N–H and O–H groups in total. The molecule has 0 unspecified atom stereocenters. The summed E-state index contributed by atoms with van der Waals surface area (Å²) >= 11 is 0. The number of hydrogen-bond donors (Lipinski definition) is 0. The van der Waals surface area contributed by atoms with E-state index in [9.17, 15) is 18.0 Å². The second-order valence-corrected chi connectivity index (χ2v) is 7.33. The molecule has 25 heavy (non-hydrogen) atoms. The van der Waals surface area contributed by atoms with Gasteiger partial charge in [0.15, 0.2) is 0 Å². The van der Waals surface area contributed by atoms with Crippen LogP contribution in [-0.2, 0) is 11.0 Å². The van der Waals surface area contributed by atoms with Crippen molar-refractivity contribution < 1.29 is 18.0 Å². The van der Waals surface area contributed by atoms with Crippen molar-refractivity contribution >= 4 is 11.7 Å². The van der Waals surface area contributed by atoms with Crippen LogP contribution in [0.2, 0.25) is 0 Å². The first-order valence-electron chi connectivity index (χ1n) is 8.15. The summed E-state index contributed by atoms with van der Waals surface area (Å²) in [7, 11) is 0. The van der Waals surface area contributed by atoms with Gasteiger partial charge in [0.25, 0.3) is 11.6 Å². The molecule has 1 aliphatic rings. The number of halogens is 3. The highest BCUT2D eigenvalue weighted by molar-refractivity contribution is 5.81. The van der Waals surface area contributed by atoms with Crippen molar-refractivity contribution in [1.29, 1.82) is 0 Å². The van der Waals surface area contributed by atoms with Crippen molar-refractivity contribution in [2.24, 2.45) is 5.41 Å². The monoisotopic (exact) mass is 355 g/mol. The van der Waals surface area contributed by atoms with Gasteiger partial charge in [0.1, 0.15) is 0 Å². The lowest BCUT2D eigenvalue weighted by atomic mass is 9.89. The Labute approximate surface area is 143 Å². The van der Waals surface area contributed by atoms with Crippen molar-refractivity contribution in [1.82, 2.24) is 24.5 Å². The lowest BCUT2D eigenvalue weighted by Crippen LogP contribution is -2.43. The second kappa shape index (κ2) is 5.96. The van der Waals surface area contributed by atoms with Crippen LogP contribution in [0, 0.1) is 5.41 Å². The number of hydrogen-bond acceptors (Lipinski definition) is 4. The summed E-state index contributed by atoms with van der Waals surface area (Å²) in [4.78, 5) is 21.5. The molecule has 0 spiro atoms. The van der Waals surface area contributed by atoms with Crippen LogP contribution in [-0.4, -0.2) is 43.5 Å². The summed E-state index contributed by atoms with van der Waals surface area (Å²) in [6.45, 7) is 6.78. The molecule has 1 aliphatic heterocycles. The molecular formula is C16H20F3N5O. The number of likely N-dealkylation sites (tertiary alicyclic amines) is 1. The first-order chi connectivity index (χ1) is 11.6. The van der Waals surface area contributed by atoms with Crippen LogP contribution in [0.4, 0.5) is 13.2 Å². The molecule has 0 atom stereocenters. The molecule has 1 fully saturated rings. The Balaban J connectivity index is 1.82. The average molecular weight is 355 g/mol. The van der Waals surface area contributed by atoms with Gasteiger partial charge in [0, 0.05) is 30.6 Å². The topological polar surface area (TPSA) is 63.4 Å². The SMILES string of the molecule is CC(C)(C)C(=O)N1CCC(c2ccnc3nc(C(F)(F)F)nn23)CC1. The maximum Gasteiger partial charge on any atom is 0.453 e. The van der Waals surface area contributed by atoms with Crippen LogP contribution < -0.4 is 0 Å². The van der Waals surface area contributed by atoms with Gasteiger partial charge in [-0.15, -0.1) is 5.10 Å². The molecule has 0 bridgehead atoms. The summed E-state index contributed by atoms with van der Waals surface area (Å²) in [5.74, 6) is -1.14. The van der Waals surface area contributed by atoms with E-state index in [4.69, 9.17) is 0 Å². The Morgan fingerprint density at radius 2 is 1.84 bits per heavy atom. The number of piperidine rings is 1. The second-order valence-electron chi connectivity index (χ2n) is 7.33. The van der Waals surface area contributed by atoms with E-state index in [1.54, 1.807) is 6.07 Å². The van der Waals surface area contributed by atoms with Gasteiger partial charge >= 0.3 is 6.18 Å². The minimum Gasteiger partial charge on any atom is -0.342 e. The molecule has 0 aliphatic carbocycles. The molecular weight excluding hydrogens is 335 g/mol. The highest BCUT2D eigenvalue weighted by Gasteiger charge is 2.37. The maximum absolute atomic E-state index is 12.8. The number of carbonyl (C=O) groups is 1. The molecule has 0 radical (unpaired) electrons. The van der Waals surface area contributed by atoms with E-state index in [0.717, 1.165) is 0 Å². The van der Waals surface area contributed by atoms with Crippen LogP contribution in [0.25, 0.3) is 5.78 Å². The van der Waals surface area contributed by atoms with Gasteiger partial charge in [-0.1, -0.05) is 20.8 Å². The van der Waals surface area contributed by atoms with Crippen LogP contribution in [0.15, 0.2) is 12.3 Å². The molecule has 1 amide bonds. The zero-order valence-corrected chi connectivity index (χ0v) is 14.3. The molecule has 3 rings (SSSR count). The minimum atomic E-state index is -4.60. The van der Waals surface area contributed by atoms with E-state index < -0.39 is 17.4 Å². The quantitative estimate of drug-likeness (QED) is 0.789. The Bertz CT molecular complexity index is 785. The molecule has 2 aromatic heterocycles. The number of nitrogens with zero attached hydrogens (tertiary/aromatic N) is 5. The fourth-order valence-electron chi connectivity index (χ4n) is 3.09. The Hall–Kier alpha value is -2.19. The maximum atomic E-state index is 12.8. The Kier molecular flexibility index (Phi) is 4.20. The van der Waals surface area contributed by atoms with E-state index >= 15 is 0 Å². The third kappa shape index (κ3) is 3.45. The Morgan fingerprint density at radius 3 is 2.40 bits per heavy atom. The normalized spacial score (nSPS) is 17.3. The standard InChI is InChI=1S/C16H20F3N5O/c1-15(2,3)13(25)23-8-5-10(6-9-23)11-4-7-20-14-21-12(16(17,18)19)22-24(11)14/h4,7,10H,5-6,8-9H2,1-3H3. The van der Waals surface area contributed by atoms with Crippen molar-refractivity contribution in [3.05, 3.63) is 23.8 Å². The van der Waals surface area contributed by atoms with Crippen molar-refractivity contribution in [3.63, 3.8) is 0 Å². The molecule has 136 valence electrons. The van der Waals surface area contributed by atoms with E-state index in [1.807, 2.05) is 25.7 Å². The summed E-state index contributed by atoms with van der Waals surface area (Å²) < 4.78 is 39.7. The minimum absolute atomic E-state index is 0.0114. The summed E-state index contributed by atoms with van der Waals surface area (Å²) in [6.07, 6.45) is -1.82. The predicted octanol–water partition coefficient (Wildman–Crippen LogP) is 2.90. The lowest BCUT2D eigenvalue weighted by molar-refractivity contribution is -0.144. The highest BCUT2D eigenvalue weighted by Crippen LogP contribution is 2.31. The van der Waals surface area contributed by atoms with Crippen molar-refractivity contribution in [2.45, 2.75) is 45.7 Å². The van der Waals surface area contributed by atoms with Gasteiger partial charge in [-0.3, -0.25) is 4.79 Å². The number of rotatable bonds is 1. The molecule has 9 heteroatoms. The highest BCUT2D eigenvalue weighted by atomic mass is 19.4. The summed E-state index contributed by atoms with van der Waals surface area (Å²) in [5, 5.41) is 3.59. The zero-order valence-electron chi connectivity index (χ0n) is 14.3. The van der Waals surface area contributed by atoms with Crippen LogP contribution in [0.3, 0.4) is 0 Å². The van der Waals surface area contributed by atoms with E-state index in [0.29, 0.717) is 31.6 Å².